The zero-order chi connectivity index (χ0) is 21.1. The summed E-state index contributed by atoms with van der Waals surface area (Å²) >= 11 is 0. The third kappa shape index (κ3) is 6.27. The number of rotatable bonds is 11. The molecule has 1 N–H and O–H groups in total. The molecule has 0 bridgehead atoms. The first-order valence-electron chi connectivity index (χ1n) is 9.11. The molecule has 0 amide bonds. The molecule has 154 valence electrons. The maximum absolute atomic E-state index is 11.6. The fourth-order valence-electron chi connectivity index (χ4n) is 2.54. The van der Waals surface area contributed by atoms with E-state index in [2.05, 4.69) is 5.16 Å². The summed E-state index contributed by atoms with van der Waals surface area (Å²) in [6.07, 6.45) is 3.68. The predicted molar refractivity (Wildman–Crippen MR) is 110 cm³/mol. The molecule has 0 saturated carbocycles. The van der Waals surface area contributed by atoms with Gasteiger partial charge >= 0.3 is 5.97 Å². The number of carboxylic acid groups (broad SMARTS) is 1. The molecule has 29 heavy (non-hydrogen) atoms. The molecule has 2 aromatic carbocycles. The SMILES string of the molecule is CCCON=Cc1ccc(OC)c(OCc2ccccc2C(=COC)C(=O)O)c1. The lowest BCUT2D eigenvalue weighted by Crippen LogP contribution is -2.06. The van der Waals surface area contributed by atoms with Crippen molar-refractivity contribution in [2.24, 2.45) is 5.16 Å². The molecular weight excluding hydrogens is 374 g/mol. The Kier molecular flexibility index (Phi) is 8.56. The van der Waals surface area contributed by atoms with Gasteiger partial charge in [-0.05, 0) is 35.7 Å². The van der Waals surface area contributed by atoms with Crippen molar-refractivity contribution in [2.45, 2.75) is 20.0 Å². The van der Waals surface area contributed by atoms with Crippen LogP contribution in [0.25, 0.3) is 5.57 Å². The van der Waals surface area contributed by atoms with Crippen molar-refractivity contribution >= 4 is 17.8 Å². The van der Waals surface area contributed by atoms with Gasteiger partial charge in [0.1, 0.15) is 18.8 Å². The van der Waals surface area contributed by atoms with Gasteiger partial charge in [-0.25, -0.2) is 4.79 Å². The standard InChI is InChI=1S/C22H25NO6/c1-4-11-29-23-13-16-9-10-20(27-3)21(12-16)28-14-17-7-5-6-8-18(17)19(15-26-2)22(24)25/h5-10,12-13,15H,4,11,14H2,1-3H3,(H,24,25). The summed E-state index contributed by atoms with van der Waals surface area (Å²) in [7, 11) is 2.96. The van der Waals surface area contributed by atoms with Crippen LogP contribution >= 0.6 is 0 Å². The Hall–Kier alpha value is -3.48. The Balaban J connectivity index is 2.24. The summed E-state index contributed by atoms with van der Waals surface area (Å²) in [5.41, 5.74) is 2.06. The van der Waals surface area contributed by atoms with E-state index in [0.717, 1.165) is 12.0 Å². The Morgan fingerprint density at radius 2 is 1.93 bits per heavy atom. The molecule has 0 aliphatic heterocycles. The minimum atomic E-state index is -1.08. The molecule has 0 spiro atoms. The summed E-state index contributed by atoms with van der Waals surface area (Å²) in [4.78, 5) is 16.7. The lowest BCUT2D eigenvalue weighted by atomic mass is 10.0. The van der Waals surface area contributed by atoms with Gasteiger partial charge in [0.25, 0.3) is 0 Å². The van der Waals surface area contributed by atoms with Gasteiger partial charge in [-0.1, -0.05) is 36.3 Å². The van der Waals surface area contributed by atoms with Crippen molar-refractivity contribution in [2.75, 3.05) is 20.8 Å². The van der Waals surface area contributed by atoms with E-state index in [4.69, 9.17) is 19.0 Å². The van der Waals surface area contributed by atoms with Gasteiger partial charge in [0, 0.05) is 5.56 Å². The quantitative estimate of drug-likeness (QED) is 0.201. The van der Waals surface area contributed by atoms with Gasteiger partial charge in [0.05, 0.1) is 26.7 Å². The normalized spacial score (nSPS) is 11.3. The number of methoxy groups -OCH3 is 2. The fourth-order valence-corrected chi connectivity index (χ4v) is 2.54. The van der Waals surface area contributed by atoms with E-state index in [1.807, 2.05) is 19.1 Å². The number of carboxylic acids is 1. The van der Waals surface area contributed by atoms with Crippen molar-refractivity contribution in [1.29, 1.82) is 0 Å². The van der Waals surface area contributed by atoms with Crippen LogP contribution in [0.5, 0.6) is 11.5 Å². The number of nitrogens with zero attached hydrogens (tertiary/aromatic N) is 1. The second-order valence-corrected chi connectivity index (χ2v) is 6.00. The van der Waals surface area contributed by atoms with Crippen molar-refractivity contribution in [3.8, 4) is 11.5 Å². The van der Waals surface area contributed by atoms with E-state index in [9.17, 15) is 9.90 Å². The van der Waals surface area contributed by atoms with Gasteiger partial charge in [0.2, 0.25) is 0 Å². The van der Waals surface area contributed by atoms with Crippen molar-refractivity contribution in [1.82, 2.24) is 0 Å². The molecule has 2 rings (SSSR count). The van der Waals surface area contributed by atoms with Crippen LogP contribution in [0.15, 0.2) is 53.9 Å². The Morgan fingerprint density at radius 3 is 2.62 bits per heavy atom. The average molecular weight is 399 g/mol. The van der Waals surface area contributed by atoms with Gasteiger partial charge < -0.3 is 24.2 Å². The Labute approximate surface area is 170 Å². The van der Waals surface area contributed by atoms with E-state index in [-0.39, 0.29) is 12.2 Å². The zero-order valence-electron chi connectivity index (χ0n) is 16.8. The number of aliphatic carboxylic acids is 1. The van der Waals surface area contributed by atoms with Gasteiger partial charge in [-0.2, -0.15) is 0 Å². The van der Waals surface area contributed by atoms with Crippen LogP contribution in [0.2, 0.25) is 0 Å². The second kappa shape index (κ2) is 11.4. The van der Waals surface area contributed by atoms with Crippen LogP contribution < -0.4 is 9.47 Å². The van der Waals surface area contributed by atoms with Crippen LogP contribution in [0.4, 0.5) is 0 Å². The van der Waals surface area contributed by atoms with E-state index < -0.39 is 5.97 Å². The van der Waals surface area contributed by atoms with E-state index in [1.54, 1.807) is 43.7 Å². The molecule has 0 saturated heterocycles. The number of ether oxygens (including phenoxy) is 3. The van der Waals surface area contributed by atoms with Gasteiger partial charge in [-0.3, -0.25) is 0 Å². The summed E-state index contributed by atoms with van der Waals surface area (Å²) in [6.45, 7) is 2.70. The molecule has 0 heterocycles. The van der Waals surface area contributed by atoms with Crippen LogP contribution in [-0.2, 0) is 21.0 Å². The van der Waals surface area contributed by atoms with Crippen LogP contribution in [-0.4, -0.2) is 38.1 Å². The predicted octanol–water partition coefficient (Wildman–Crippen LogP) is 4.11. The molecule has 7 nitrogen and oxygen atoms in total. The number of hydrogen-bond donors (Lipinski definition) is 1. The Bertz CT molecular complexity index is 875. The summed E-state index contributed by atoms with van der Waals surface area (Å²) in [5.74, 6) is -0.0171. The number of benzene rings is 2. The topological polar surface area (TPSA) is 86.6 Å². The van der Waals surface area contributed by atoms with Gasteiger partial charge in [-0.15, -0.1) is 0 Å². The van der Waals surface area contributed by atoms with Gasteiger partial charge in [0.15, 0.2) is 11.5 Å². The molecule has 0 aromatic heterocycles. The van der Waals surface area contributed by atoms with Crippen molar-refractivity contribution in [3.05, 3.63) is 65.4 Å². The van der Waals surface area contributed by atoms with Crippen LogP contribution in [0.1, 0.15) is 30.0 Å². The lowest BCUT2D eigenvalue weighted by molar-refractivity contribution is -0.130. The third-order valence-electron chi connectivity index (χ3n) is 3.92. The largest absolute Gasteiger partial charge is 0.503 e. The van der Waals surface area contributed by atoms with E-state index >= 15 is 0 Å². The fraction of sp³-hybridized carbons (Fsp3) is 0.273. The lowest BCUT2D eigenvalue weighted by Gasteiger charge is -2.14. The third-order valence-corrected chi connectivity index (χ3v) is 3.92. The number of carbonyl (C=O) groups is 1. The van der Waals surface area contributed by atoms with Crippen molar-refractivity contribution < 1.29 is 28.9 Å². The maximum Gasteiger partial charge on any atom is 0.339 e. The highest BCUT2D eigenvalue weighted by molar-refractivity contribution is 6.15. The molecule has 0 radical (unpaired) electrons. The first kappa shape index (κ1) is 21.8. The average Bonchev–Trinajstić information content (AvgIpc) is 2.74. The minimum absolute atomic E-state index is 0.0487. The highest BCUT2D eigenvalue weighted by Crippen LogP contribution is 2.29. The number of hydrogen-bond acceptors (Lipinski definition) is 6. The zero-order valence-corrected chi connectivity index (χ0v) is 16.8. The Morgan fingerprint density at radius 1 is 1.14 bits per heavy atom. The highest BCUT2D eigenvalue weighted by Gasteiger charge is 2.16. The summed E-state index contributed by atoms with van der Waals surface area (Å²) in [6, 6.07) is 12.5. The van der Waals surface area contributed by atoms with Crippen LogP contribution in [0.3, 0.4) is 0 Å². The summed E-state index contributed by atoms with van der Waals surface area (Å²) in [5, 5.41) is 13.4. The molecule has 0 unspecified atom stereocenters. The molecule has 0 aliphatic carbocycles. The maximum atomic E-state index is 11.6. The molecule has 0 aliphatic rings. The molecule has 7 heteroatoms. The first-order chi connectivity index (χ1) is 14.1. The molecule has 0 fully saturated rings. The monoisotopic (exact) mass is 399 g/mol. The van der Waals surface area contributed by atoms with Crippen LogP contribution in [0, 0.1) is 0 Å². The number of oxime groups is 1. The highest BCUT2D eigenvalue weighted by atomic mass is 16.6. The first-order valence-corrected chi connectivity index (χ1v) is 9.11. The molecular formula is C22H25NO6. The van der Waals surface area contributed by atoms with E-state index in [0.29, 0.717) is 29.2 Å². The smallest absolute Gasteiger partial charge is 0.339 e. The molecule has 0 atom stereocenters. The van der Waals surface area contributed by atoms with E-state index in [1.165, 1.54) is 13.4 Å². The second-order valence-electron chi connectivity index (χ2n) is 6.00. The summed E-state index contributed by atoms with van der Waals surface area (Å²) < 4.78 is 16.2. The molecule has 2 aromatic rings. The minimum Gasteiger partial charge on any atom is -0.503 e. The van der Waals surface area contributed by atoms with Crippen molar-refractivity contribution in [3.63, 3.8) is 0 Å².